The molecule has 2 rings (SSSR count). The highest BCUT2D eigenvalue weighted by atomic mass is 15.2. The van der Waals surface area contributed by atoms with Gasteiger partial charge in [-0.2, -0.15) is 0 Å². The molecule has 2 nitrogen and oxygen atoms in total. The minimum atomic E-state index is 1.08. The molecule has 2 heteroatoms. The lowest BCUT2D eigenvalue weighted by molar-refractivity contribution is 0.378. The number of rotatable bonds is 0. The molecule has 2 aliphatic heterocycles. The monoisotopic (exact) mass is 164 g/mol. The van der Waals surface area contributed by atoms with Crippen molar-refractivity contribution in [3.8, 4) is 0 Å². The molecule has 0 fully saturated rings. The average molecular weight is 164 g/mol. The second-order valence-electron chi connectivity index (χ2n) is 3.87. The summed E-state index contributed by atoms with van der Waals surface area (Å²) in [5, 5.41) is 0. The van der Waals surface area contributed by atoms with Gasteiger partial charge in [0.25, 0.3) is 0 Å². The highest BCUT2D eigenvalue weighted by molar-refractivity contribution is 5.41. The molecule has 0 radical (unpaired) electrons. The van der Waals surface area contributed by atoms with Crippen LogP contribution in [0.25, 0.3) is 0 Å². The van der Waals surface area contributed by atoms with Crippen LogP contribution >= 0.6 is 0 Å². The molecule has 0 saturated carbocycles. The van der Waals surface area contributed by atoms with Crippen LogP contribution in [0.3, 0.4) is 0 Å². The number of nitrogens with zero attached hydrogens (tertiary/aromatic N) is 2. The van der Waals surface area contributed by atoms with E-state index in [2.05, 4.69) is 36.9 Å². The lowest BCUT2D eigenvalue weighted by atomic mass is 10.0. The average Bonchev–Trinajstić information content (AvgIpc) is 2.41. The highest BCUT2D eigenvalue weighted by Gasteiger charge is 2.24. The maximum atomic E-state index is 2.36. The van der Waals surface area contributed by atoms with E-state index in [-0.39, 0.29) is 0 Å². The first-order chi connectivity index (χ1) is 5.68. The second kappa shape index (κ2) is 2.63. The van der Waals surface area contributed by atoms with Crippen molar-refractivity contribution < 1.29 is 0 Å². The van der Waals surface area contributed by atoms with Gasteiger partial charge in [0.05, 0.1) is 0 Å². The van der Waals surface area contributed by atoms with Crippen LogP contribution in [-0.4, -0.2) is 43.5 Å². The van der Waals surface area contributed by atoms with Gasteiger partial charge in [0.15, 0.2) is 0 Å². The first-order valence-corrected chi connectivity index (χ1v) is 4.47. The third kappa shape index (κ3) is 1.07. The van der Waals surface area contributed by atoms with Gasteiger partial charge in [-0.05, 0) is 25.1 Å². The molecule has 0 aromatic carbocycles. The summed E-state index contributed by atoms with van der Waals surface area (Å²) >= 11 is 0. The third-order valence-corrected chi connectivity index (χ3v) is 2.80. The van der Waals surface area contributed by atoms with Gasteiger partial charge in [-0.1, -0.05) is 6.08 Å². The fourth-order valence-corrected chi connectivity index (χ4v) is 1.98. The Morgan fingerprint density at radius 2 is 2.00 bits per heavy atom. The van der Waals surface area contributed by atoms with Crippen LogP contribution in [0.5, 0.6) is 0 Å². The van der Waals surface area contributed by atoms with Crippen molar-refractivity contribution in [2.45, 2.75) is 6.92 Å². The van der Waals surface area contributed by atoms with E-state index >= 15 is 0 Å². The SMILES string of the molecule is CC1=CCN(C)C2=C1CN(C)C2. The predicted octanol–water partition coefficient (Wildman–Crippen LogP) is 1.08. The minimum Gasteiger partial charge on any atom is -0.373 e. The number of likely N-dealkylation sites (N-methyl/N-ethyl adjacent to an activating group) is 2. The predicted molar refractivity (Wildman–Crippen MR) is 50.9 cm³/mol. The van der Waals surface area contributed by atoms with E-state index in [1.54, 1.807) is 5.57 Å². The van der Waals surface area contributed by atoms with Gasteiger partial charge in [-0.15, -0.1) is 0 Å². The Labute approximate surface area is 74.2 Å². The van der Waals surface area contributed by atoms with Crippen LogP contribution in [0.1, 0.15) is 6.92 Å². The Morgan fingerprint density at radius 3 is 2.67 bits per heavy atom. The molecule has 0 bridgehead atoms. The van der Waals surface area contributed by atoms with E-state index in [1.807, 2.05) is 0 Å². The van der Waals surface area contributed by atoms with Gasteiger partial charge in [0.1, 0.15) is 0 Å². The fraction of sp³-hybridized carbons (Fsp3) is 0.600. The lowest BCUT2D eigenvalue weighted by Crippen LogP contribution is -2.24. The second-order valence-corrected chi connectivity index (χ2v) is 3.87. The number of hydrogen-bond acceptors (Lipinski definition) is 2. The molecule has 0 aromatic rings. The summed E-state index contributed by atoms with van der Waals surface area (Å²) in [5.74, 6) is 0. The first-order valence-electron chi connectivity index (χ1n) is 4.47. The Bertz CT molecular complexity index is 263. The van der Waals surface area contributed by atoms with E-state index < -0.39 is 0 Å². The normalized spacial score (nSPS) is 24.6. The molecule has 2 aliphatic rings. The van der Waals surface area contributed by atoms with Gasteiger partial charge in [0.2, 0.25) is 0 Å². The van der Waals surface area contributed by atoms with E-state index in [4.69, 9.17) is 0 Å². The van der Waals surface area contributed by atoms with E-state index in [9.17, 15) is 0 Å². The zero-order valence-corrected chi connectivity index (χ0v) is 8.09. The maximum absolute atomic E-state index is 2.36. The smallest absolute Gasteiger partial charge is 0.0387 e. The molecule has 12 heavy (non-hydrogen) atoms. The summed E-state index contributed by atoms with van der Waals surface area (Å²) in [7, 11) is 4.36. The zero-order chi connectivity index (χ0) is 8.72. The van der Waals surface area contributed by atoms with Gasteiger partial charge < -0.3 is 4.90 Å². The van der Waals surface area contributed by atoms with Crippen LogP contribution in [0.2, 0.25) is 0 Å². The molecular weight excluding hydrogens is 148 g/mol. The Morgan fingerprint density at radius 1 is 1.25 bits per heavy atom. The third-order valence-electron chi connectivity index (χ3n) is 2.80. The molecular formula is C10H16N2. The summed E-state index contributed by atoms with van der Waals surface area (Å²) < 4.78 is 0. The molecule has 2 heterocycles. The molecule has 66 valence electrons. The van der Waals surface area contributed by atoms with Crippen molar-refractivity contribution in [1.82, 2.24) is 9.80 Å². The Kier molecular flexibility index (Phi) is 1.72. The standard InChI is InChI=1S/C10H16N2/c1-8-4-5-12(3)10-7-11(2)6-9(8)10/h4H,5-7H2,1-3H3. The summed E-state index contributed by atoms with van der Waals surface area (Å²) in [6.45, 7) is 5.55. The lowest BCUT2D eigenvalue weighted by Gasteiger charge is -2.25. The van der Waals surface area contributed by atoms with Gasteiger partial charge in [0, 0.05) is 32.4 Å². The largest absolute Gasteiger partial charge is 0.373 e. The minimum absolute atomic E-state index is 1.08. The summed E-state index contributed by atoms with van der Waals surface area (Å²) in [5.41, 5.74) is 4.55. The van der Waals surface area contributed by atoms with Gasteiger partial charge in [-0.25, -0.2) is 0 Å². The van der Waals surface area contributed by atoms with E-state index in [0.717, 1.165) is 19.6 Å². The van der Waals surface area contributed by atoms with E-state index in [1.165, 1.54) is 11.3 Å². The molecule has 0 amide bonds. The molecule has 0 spiro atoms. The fourth-order valence-electron chi connectivity index (χ4n) is 1.98. The zero-order valence-electron chi connectivity index (χ0n) is 8.09. The molecule has 0 aliphatic carbocycles. The summed E-state index contributed by atoms with van der Waals surface area (Å²) in [6.07, 6.45) is 2.32. The van der Waals surface area contributed by atoms with Crippen LogP contribution in [0.4, 0.5) is 0 Å². The van der Waals surface area contributed by atoms with Crippen molar-refractivity contribution in [3.63, 3.8) is 0 Å². The van der Waals surface area contributed by atoms with Crippen LogP contribution in [-0.2, 0) is 0 Å². The molecule has 0 N–H and O–H groups in total. The van der Waals surface area contributed by atoms with Crippen molar-refractivity contribution in [2.24, 2.45) is 0 Å². The van der Waals surface area contributed by atoms with Crippen LogP contribution in [0, 0.1) is 0 Å². The van der Waals surface area contributed by atoms with Crippen molar-refractivity contribution in [2.75, 3.05) is 33.7 Å². The number of hydrogen-bond donors (Lipinski definition) is 0. The van der Waals surface area contributed by atoms with Crippen LogP contribution < -0.4 is 0 Å². The van der Waals surface area contributed by atoms with Crippen molar-refractivity contribution in [3.05, 3.63) is 22.9 Å². The van der Waals surface area contributed by atoms with Gasteiger partial charge >= 0.3 is 0 Å². The highest BCUT2D eigenvalue weighted by Crippen LogP contribution is 2.27. The van der Waals surface area contributed by atoms with Crippen molar-refractivity contribution in [1.29, 1.82) is 0 Å². The van der Waals surface area contributed by atoms with Crippen LogP contribution in [0.15, 0.2) is 22.9 Å². The summed E-state index contributed by atoms with van der Waals surface area (Å²) in [4.78, 5) is 4.72. The first kappa shape index (κ1) is 7.87. The molecule has 0 atom stereocenters. The van der Waals surface area contributed by atoms with E-state index in [0.29, 0.717) is 0 Å². The molecule has 0 unspecified atom stereocenters. The summed E-state index contributed by atoms with van der Waals surface area (Å²) in [6, 6.07) is 0. The van der Waals surface area contributed by atoms with Gasteiger partial charge in [-0.3, -0.25) is 4.90 Å². The molecule has 0 aromatic heterocycles. The maximum Gasteiger partial charge on any atom is 0.0387 e. The Hall–Kier alpha value is -0.760. The topological polar surface area (TPSA) is 6.48 Å². The van der Waals surface area contributed by atoms with Crippen molar-refractivity contribution >= 4 is 0 Å². The Balaban J connectivity index is 2.32. The molecule has 0 saturated heterocycles. The quantitative estimate of drug-likeness (QED) is 0.528.